The molecule has 3 rings (SSSR count). The van der Waals surface area contributed by atoms with Crippen LogP contribution in [0, 0.1) is 10.1 Å². The van der Waals surface area contributed by atoms with Crippen molar-refractivity contribution in [3.8, 4) is 5.75 Å². The molecule has 146 valence electrons. The molecule has 0 radical (unpaired) electrons. The van der Waals surface area contributed by atoms with Crippen LogP contribution in [0.4, 0.5) is 5.69 Å². The Balaban J connectivity index is 1.65. The average Bonchev–Trinajstić information content (AvgIpc) is 2.73. The monoisotopic (exact) mass is 409 g/mol. The van der Waals surface area contributed by atoms with Crippen molar-refractivity contribution in [3.63, 3.8) is 0 Å². The molecule has 0 heterocycles. The molecule has 0 aliphatic heterocycles. The van der Waals surface area contributed by atoms with Crippen molar-refractivity contribution < 1.29 is 14.5 Å². The van der Waals surface area contributed by atoms with Gasteiger partial charge in [-0.2, -0.15) is 5.10 Å². The van der Waals surface area contributed by atoms with Gasteiger partial charge in [-0.3, -0.25) is 14.9 Å². The van der Waals surface area contributed by atoms with Crippen LogP contribution in [0.25, 0.3) is 0 Å². The summed E-state index contributed by atoms with van der Waals surface area (Å²) in [5.74, 6) is -0.0520. The Hall–Kier alpha value is -3.71. The molecule has 3 aromatic carbocycles. The number of hydrogen-bond acceptors (Lipinski definition) is 5. The Kier molecular flexibility index (Phi) is 6.55. The van der Waals surface area contributed by atoms with E-state index < -0.39 is 10.8 Å². The van der Waals surface area contributed by atoms with Crippen molar-refractivity contribution in [1.29, 1.82) is 0 Å². The number of carbonyl (C=O) groups excluding carboxylic acids is 1. The summed E-state index contributed by atoms with van der Waals surface area (Å²) in [6, 6.07) is 19.9. The van der Waals surface area contributed by atoms with Crippen LogP contribution < -0.4 is 10.2 Å². The number of nitro benzene ring substituents is 1. The van der Waals surface area contributed by atoms with Crippen molar-refractivity contribution in [2.24, 2.45) is 5.10 Å². The van der Waals surface area contributed by atoms with Crippen LogP contribution in [0.5, 0.6) is 5.75 Å². The Morgan fingerprint density at radius 2 is 1.86 bits per heavy atom. The second-order valence-electron chi connectivity index (χ2n) is 5.96. The maximum atomic E-state index is 12.5. The van der Waals surface area contributed by atoms with E-state index in [4.69, 9.17) is 16.3 Å². The number of hydrazone groups is 1. The zero-order chi connectivity index (χ0) is 20.6. The highest BCUT2D eigenvalue weighted by molar-refractivity contribution is 6.30. The minimum Gasteiger partial charge on any atom is -0.488 e. The number of hydrogen-bond donors (Lipinski definition) is 1. The Bertz CT molecular complexity index is 1050. The molecule has 0 atom stereocenters. The second-order valence-corrected chi connectivity index (χ2v) is 6.40. The van der Waals surface area contributed by atoms with Gasteiger partial charge in [0.1, 0.15) is 12.4 Å². The van der Waals surface area contributed by atoms with Crippen LogP contribution in [-0.2, 0) is 6.61 Å². The quantitative estimate of drug-likeness (QED) is 0.351. The number of non-ortho nitro benzene ring substituents is 1. The number of halogens is 1. The number of amides is 1. The van der Waals surface area contributed by atoms with E-state index in [1.54, 1.807) is 48.5 Å². The highest BCUT2D eigenvalue weighted by Crippen LogP contribution is 2.20. The second kappa shape index (κ2) is 9.48. The Morgan fingerprint density at radius 3 is 2.62 bits per heavy atom. The van der Waals surface area contributed by atoms with E-state index in [1.807, 2.05) is 12.1 Å². The van der Waals surface area contributed by atoms with Gasteiger partial charge < -0.3 is 4.74 Å². The molecule has 0 saturated heterocycles. The molecule has 0 fully saturated rings. The molecule has 0 spiro atoms. The van der Waals surface area contributed by atoms with Gasteiger partial charge in [0.2, 0.25) is 0 Å². The summed E-state index contributed by atoms with van der Waals surface area (Å²) in [6.45, 7) is 0.276. The number of benzene rings is 3. The summed E-state index contributed by atoms with van der Waals surface area (Å²) in [5, 5.41) is 15.3. The number of nitro groups is 1. The zero-order valence-corrected chi connectivity index (χ0v) is 15.9. The van der Waals surface area contributed by atoms with Crippen molar-refractivity contribution in [3.05, 3.63) is 105 Å². The number of nitrogens with one attached hydrogen (secondary N) is 1. The fraction of sp³-hybridized carbons (Fsp3) is 0.0476. The molecule has 0 unspecified atom stereocenters. The van der Waals surface area contributed by atoms with E-state index in [0.717, 1.165) is 5.56 Å². The van der Waals surface area contributed by atoms with Gasteiger partial charge >= 0.3 is 0 Å². The summed E-state index contributed by atoms with van der Waals surface area (Å²) in [6.07, 6.45) is 1.34. The van der Waals surface area contributed by atoms with E-state index in [-0.39, 0.29) is 12.3 Å². The van der Waals surface area contributed by atoms with Crippen molar-refractivity contribution in [1.82, 2.24) is 5.43 Å². The first-order valence-electron chi connectivity index (χ1n) is 8.57. The fourth-order valence-electron chi connectivity index (χ4n) is 2.47. The van der Waals surface area contributed by atoms with E-state index in [2.05, 4.69) is 10.5 Å². The third kappa shape index (κ3) is 5.63. The summed E-state index contributed by atoms with van der Waals surface area (Å²) < 4.78 is 5.76. The molecule has 1 N–H and O–H groups in total. The van der Waals surface area contributed by atoms with Crippen molar-refractivity contribution >= 4 is 29.4 Å². The summed E-state index contributed by atoms with van der Waals surface area (Å²) >= 11 is 5.87. The maximum Gasteiger partial charge on any atom is 0.275 e. The number of carbonyl (C=O) groups is 1. The molecule has 8 heteroatoms. The zero-order valence-electron chi connectivity index (χ0n) is 15.1. The normalized spacial score (nSPS) is 10.7. The largest absolute Gasteiger partial charge is 0.488 e. The molecule has 7 nitrogen and oxygen atoms in total. The van der Waals surface area contributed by atoms with Crippen LogP contribution in [0.2, 0.25) is 5.02 Å². The minimum absolute atomic E-state index is 0.0544. The van der Waals surface area contributed by atoms with Gasteiger partial charge in [0.25, 0.3) is 11.6 Å². The van der Waals surface area contributed by atoms with Gasteiger partial charge in [-0.1, -0.05) is 48.0 Å². The van der Waals surface area contributed by atoms with Gasteiger partial charge in [0.05, 0.1) is 16.7 Å². The minimum atomic E-state index is -0.496. The smallest absolute Gasteiger partial charge is 0.275 e. The summed E-state index contributed by atoms with van der Waals surface area (Å²) in [5.41, 5.74) is 4.07. The average molecular weight is 410 g/mol. The lowest BCUT2D eigenvalue weighted by Gasteiger charge is -2.10. The molecule has 0 saturated carbocycles. The van der Waals surface area contributed by atoms with E-state index >= 15 is 0 Å². The molecular weight excluding hydrogens is 394 g/mol. The van der Waals surface area contributed by atoms with Crippen LogP contribution in [0.15, 0.2) is 77.9 Å². The van der Waals surface area contributed by atoms with E-state index in [9.17, 15) is 14.9 Å². The van der Waals surface area contributed by atoms with E-state index in [0.29, 0.717) is 21.9 Å². The molecule has 1 amide bonds. The maximum absolute atomic E-state index is 12.5. The first-order valence-corrected chi connectivity index (χ1v) is 8.95. The lowest BCUT2D eigenvalue weighted by atomic mass is 10.2. The molecule has 0 bridgehead atoms. The van der Waals surface area contributed by atoms with Gasteiger partial charge in [0.15, 0.2) is 0 Å². The Labute approximate surface area is 171 Å². The summed E-state index contributed by atoms with van der Waals surface area (Å²) in [7, 11) is 0. The van der Waals surface area contributed by atoms with Gasteiger partial charge in [-0.05, 0) is 29.8 Å². The molecule has 0 aliphatic rings. The van der Waals surface area contributed by atoms with Crippen LogP contribution in [0.3, 0.4) is 0 Å². The standard InChI is InChI=1S/C21H16ClN3O4/c22-17-10-8-15(9-11-17)14-29-20-7-2-1-6-19(20)21(26)24-23-13-16-4-3-5-18(12-16)25(27)28/h1-13H,14H2,(H,24,26)/b23-13+. The summed E-state index contributed by atoms with van der Waals surface area (Å²) in [4.78, 5) is 22.8. The SMILES string of the molecule is O=C(N/N=C/c1cccc([N+](=O)[O-])c1)c1ccccc1OCc1ccc(Cl)cc1. The highest BCUT2D eigenvalue weighted by Gasteiger charge is 2.12. The van der Waals surface area contributed by atoms with Crippen LogP contribution >= 0.6 is 11.6 Å². The van der Waals surface area contributed by atoms with Gasteiger partial charge in [-0.25, -0.2) is 5.43 Å². The van der Waals surface area contributed by atoms with E-state index in [1.165, 1.54) is 18.3 Å². The number of ether oxygens (including phenoxy) is 1. The first-order chi connectivity index (χ1) is 14.0. The third-order valence-corrected chi connectivity index (χ3v) is 4.15. The topological polar surface area (TPSA) is 93.8 Å². The molecular formula is C21H16ClN3O4. The number of nitrogens with zero attached hydrogens (tertiary/aromatic N) is 2. The lowest BCUT2D eigenvalue weighted by Crippen LogP contribution is -2.18. The highest BCUT2D eigenvalue weighted by atomic mass is 35.5. The fourth-order valence-corrected chi connectivity index (χ4v) is 2.59. The Morgan fingerprint density at radius 1 is 1.10 bits per heavy atom. The van der Waals surface area contributed by atoms with Gasteiger partial charge in [-0.15, -0.1) is 0 Å². The number of rotatable bonds is 7. The molecule has 0 aromatic heterocycles. The van der Waals surface area contributed by atoms with Crippen LogP contribution in [-0.4, -0.2) is 17.0 Å². The molecule has 29 heavy (non-hydrogen) atoms. The molecule has 0 aliphatic carbocycles. The lowest BCUT2D eigenvalue weighted by molar-refractivity contribution is -0.384. The first kappa shape index (κ1) is 20.0. The third-order valence-electron chi connectivity index (χ3n) is 3.90. The van der Waals surface area contributed by atoms with Crippen LogP contribution in [0.1, 0.15) is 21.5 Å². The molecule has 3 aromatic rings. The number of para-hydroxylation sites is 1. The van der Waals surface area contributed by atoms with Gasteiger partial charge in [0, 0.05) is 22.7 Å². The van der Waals surface area contributed by atoms with Crippen molar-refractivity contribution in [2.45, 2.75) is 6.61 Å². The predicted molar refractivity (Wildman–Crippen MR) is 110 cm³/mol. The predicted octanol–water partition coefficient (Wildman–Crippen LogP) is 4.59. The van der Waals surface area contributed by atoms with Crippen molar-refractivity contribution in [2.75, 3.05) is 0 Å².